The normalized spacial score (nSPS) is 19.0. The Hall–Kier alpha value is -1.11. The van der Waals surface area contributed by atoms with E-state index in [1.54, 1.807) is 17.4 Å². The number of halogens is 2. The zero-order valence-corrected chi connectivity index (χ0v) is 17.6. The van der Waals surface area contributed by atoms with Crippen LogP contribution < -0.4 is 0 Å². The van der Waals surface area contributed by atoms with Gasteiger partial charge in [-0.25, -0.2) is 0 Å². The molecule has 3 heterocycles. The molecule has 7 heteroatoms. The van der Waals surface area contributed by atoms with Crippen molar-refractivity contribution in [1.82, 2.24) is 9.47 Å². The first-order chi connectivity index (χ1) is 13.0. The molecule has 0 N–H and O–H groups in total. The monoisotopic (exact) mass is 424 g/mol. The average molecular weight is 425 g/mol. The second-order valence-corrected chi connectivity index (χ2v) is 8.97. The number of fused-ring (bicyclic) bond motifs is 1. The number of aryl methyl sites for hydroxylation is 1. The van der Waals surface area contributed by atoms with Crippen LogP contribution in [-0.4, -0.2) is 48.1 Å². The van der Waals surface area contributed by atoms with Crippen LogP contribution in [0.4, 0.5) is 0 Å². The Kier molecular flexibility index (Phi) is 5.76. The third-order valence-corrected chi connectivity index (χ3v) is 7.03. The molecule has 2 aliphatic rings. The minimum atomic E-state index is -0.0311. The lowest BCUT2D eigenvalue weighted by Crippen LogP contribution is -2.38. The van der Waals surface area contributed by atoms with Gasteiger partial charge in [0.2, 0.25) is 5.78 Å². The fourth-order valence-corrected chi connectivity index (χ4v) is 5.24. The van der Waals surface area contributed by atoms with Crippen molar-refractivity contribution in [3.8, 4) is 0 Å². The summed E-state index contributed by atoms with van der Waals surface area (Å²) in [6.45, 7) is 7.61. The van der Waals surface area contributed by atoms with Crippen molar-refractivity contribution in [2.45, 2.75) is 26.3 Å². The van der Waals surface area contributed by atoms with Crippen molar-refractivity contribution < 1.29 is 9.53 Å². The molecule has 144 valence electrons. The van der Waals surface area contributed by atoms with E-state index in [0.29, 0.717) is 28.5 Å². The molecular weight excluding hydrogens is 403 g/mol. The maximum Gasteiger partial charge on any atom is 0.204 e. The summed E-state index contributed by atoms with van der Waals surface area (Å²) in [5.41, 5.74) is 1.76. The van der Waals surface area contributed by atoms with E-state index in [1.165, 1.54) is 5.69 Å². The number of morpholine rings is 1. The van der Waals surface area contributed by atoms with Crippen LogP contribution in [0.1, 0.15) is 28.2 Å². The molecule has 0 unspecified atom stereocenters. The number of aromatic nitrogens is 1. The highest BCUT2D eigenvalue weighted by atomic mass is 35.5. The number of carbonyl (C=O) groups excluding carboxylic acids is 1. The number of ether oxygens (including phenoxy) is 1. The van der Waals surface area contributed by atoms with E-state index in [0.717, 1.165) is 54.5 Å². The van der Waals surface area contributed by atoms with Crippen LogP contribution in [0.15, 0.2) is 33.8 Å². The summed E-state index contributed by atoms with van der Waals surface area (Å²) >= 11 is 14.0. The number of hydrogen-bond donors (Lipinski definition) is 0. The molecule has 1 aliphatic carbocycles. The minimum Gasteiger partial charge on any atom is -0.379 e. The number of rotatable bonds is 5. The first-order valence-corrected chi connectivity index (χ1v) is 10.8. The average Bonchev–Trinajstić information content (AvgIpc) is 3.19. The summed E-state index contributed by atoms with van der Waals surface area (Å²) in [4.78, 5) is 17.2. The van der Waals surface area contributed by atoms with E-state index >= 15 is 0 Å². The van der Waals surface area contributed by atoms with E-state index in [4.69, 9.17) is 27.9 Å². The highest BCUT2D eigenvalue weighted by Crippen LogP contribution is 2.35. The van der Waals surface area contributed by atoms with Crippen LogP contribution in [0.3, 0.4) is 0 Å². The Morgan fingerprint density at radius 1 is 1.19 bits per heavy atom. The molecule has 4 rings (SSSR count). The third kappa shape index (κ3) is 4.03. The highest BCUT2D eigenvalue weighted by molar-refractivity contribution is 7.20. The van der Waals surface area contributed by atoms with Crippen molar-refractivity contribution in [1.29, 1.82) is 0 Å². The lowest BCUT2D eigenvalue weighted by atomic mass is 10.0. The van der Waals surface area contributed by atoms with E-state index in [9.17, 15) is 4.79 Å². The molecule has 0 aromatic carbocycles. The van der Waals surface area contributed by atoms with Crippen LogP contribution in [-0.2, 0) is 11.3 Å². The third-order valence-electron chi connectivity index (χ3n) is 5.16. The molecule has 1 fully saturated rings. The number of hydrogen-bond acceptors (Lipinski definition) is 4. The number of ketones is 1. The fourth-order valence-electron chi connectivity index (χ4n) is 3.62. The van der Waals surface area contributed by atoms with Crippen LogP contribution in [0, 0.1) is 6.92 Å². The van der Waals surface area contributed by atoms with Gasteiger partial charge in [-0.1, -0.05) is 23.2 Å². The van der Waals surface area contributed by atoms with Gasteiger partial charge in [-0.3, -0.25) is 9.69 Å². The SMILES string of the molecule is Cc1cc2cc(C(=O)C3=C(Cl)CCC(Cl)=C3)sc2n1CCN1CCOCC1. The fraction of sp³-hybridized carbons (Fsp3) is 0.450. The minimum absolute atomic E-state index is 0.0311. The molecule has 1 saturated heterocycles. The molecule has 0 saturated carbocycles. The Bertz CT molecular complexity index is 935. The van der Waals surface area contributed by atoms with E-state index < -0.39 is 0 Å². The molecule has 27 heavy (non-hydrogen) atoms. The van der Waals surface area contributed by atoms with Gasteiger partial charge in [-0.2, -0.15) is 0 Å². The molecule has 0 amide bonds. The van der Waals surface area contributed by atoms with Crippen molar-refractivity contribution in [2.75, 3.05) is 32.8 Å². The number of carbonyl (C=O) groups is 1. The van der Waals surface area contributed by atoms with Crippen molar-refractivity contribution in [3.63, 3.8) is 0 Å². The van der Waals surface area contributed by atoms with Gasteiger partial charge in [0.05, 0.1) is 18.1 Å². The summed E-state index contributed by atoms with van der Waals surface area (Å²) in [5.74, 6) is -0.0311. The van der Waals surface area contributed by atoms with Crippen LogP contribution in [0.2, 0.25) is 0 Å². The molecule has 2 aromatic heterocycles. The van der Waals surface area contributed by atoms with Crippen LogP contribution in [0.25, 0.3) is 10.2 Å². The Morgan fingerprint density at radius 2 is 1.96 bits per heavy atom. The van der Waals surface area contributed by atoms with Crippen LogP contribution >= 0.6 is 34.5 Å². The predicted molar refractivity (Wildman–Crippen MR) is 112 cm³/mol. The molecule has 0 bridgehead atoms. The summed E-state index contributed by atoms with van der Waals surface area (Å²) in [7, 11) is 0. The van der Waals surface area contributed by atoms with Crippen molar-refractivity contribution in [3.05, 3.63) is 44.4 Å². The van der Waals surface area contributed by atoms with Gasteiger partial charge in [0.25, 0.3) is 0 Å². The smallest absolute Gasteiger partial charge is 0.204 e. The quantitative estimate of drug-likeness (QED) is 0.637. The van der Waals surface area contributed by atoms with Gasteiger partial charge in [0.1, 0.15) is 4.83 Å². The first kappa shape index (κ1) is 19.2. The number of Topliss-reactive ketones (excluding diaryl/α,β-unsaturated/α-hetero) is 1. The maximum atomic E-state index is 13.0. The summed E-state index contributed by atoms with van der Waals surface area (Å²) in [6.07, 6.45) is 3.06. The van der Waals surface area contributed by atoms with Gasteiger partial charge >= 0.3 is 0 Å². The second kappa shape index (κ2) is 8.10. The number of allylic oxidation sites excluding steroid dienone is 4. The molecular formula is C20H22Cl2N2O2S. The van der Waals surface area contributed by atoms with Gasteiger partial charge in [0, 0.05) is 52.9 Å². The number of nitrogens with zero attached hydrogens (tertiary/aromatic N) is 2. The second-order valence-electron chi connectivity index (χ2n) is 7.00. The lowest BCUT2D eigenvalue weighted by Gasteiger charge is -2.26. The largest absolute Gasteiger partial charge is 0.379 e. The lowest BCUT2D eigenvalue weighted by molar-refractivity contribution is 0.0365. The maximum absolute atomic E-state index is 13.0. The number of thiophene rings is 1. The first-order valence-electron chi connectivity index (χ1n) is 9.22. The van der Waals surface area contributed by atoms with Gasteiger partial charge in [-0.15, -0.1) is 11.3 Å². The molecule has 4 nitrogen and oxygen atoms in total. The molecule has 2 aromatic rings. The van der Waals surface area contributed by atoms with Gasteiger partial charge in [-0.05, 0) is 38.0 Å². The Morgan fingerprint density at radius 3 is 2.74 bits per heavy atom. The summed E-state index contributed by atoms with van der Waals surface area (Å²) < 4.78 is 7.73. The van der Waals surface area contributed by atoms with Crippen molar-refractivity contribution >= 4 is 50.5 Å². The zero-order valence-electron chi connectivity index (χ0n) is 15.3. The van der Waals surface area contributed by atoms with Crippen molar-refractivity contribution in [2.24, 2.45) is 0 Å². The van der Waals surface area contributed by atoms with Gasteiger partial charge in [0.15, 0.2) is 0 Å². The standard InChI is InChI=1S/C20H22Cl2N2O2S/c1-13-10-14-11-18(19(25)16-12-15(21)2-3-17(16)22)27-20(14)24(13)5-4-23-6-8-26-9-7-23/h10-12H,2-9H2,1H3. The van der Waals surface area contributed by atoms with Gasteiger partial charge < -0.3 is 9.30 Å². The Balaban J connectivity index is 1.57. The topological polar surface area (TPSA) is 34.5 Å². The van der Waals surface area contributed by atoms with E-state index in [2.05, 4.69) is 22.5 Å². The van der Waals surface area contributed by atoms with Crippen LogP contribution in [0.5, 0.6) is 0 Å². The highest BCUT2D eigenvalue weighted by Gasteiger charge is 2.22. The predicted octanol–water partition coefficient (Wildman–Crippen LogP) is 4.94. The van der Waals surface area contributed by atoms with E-state index in [1.807, 2.05) is 6.07 Å². The molecule has 0 radical (unpaired) electrons. The summed E-state index contributed by atoms with van der Waals surface area (Å²) in [6, 6.07) is 4.13. The Labute approximate surface area is 173 Å². The van der Waals surface area contributed by atoms with E-state index in [-0.39, 0.29) is 5.78 Å². The summed E-state index contributed by atoms with van der Waals surface area (Å²) in [5, 5.41) is 2.41. The zero-order chi connectivity index (χ0) is 19.0. The molecule has 0 spiro atoms. The molecule has 0 atom stereocenters. The molecule has 1 aliphatic heterocycles.